The van der Waals surface area contributed by atoms with Gasteiger partial charge in [0.15, 0.2) is 5.54 Å². The van der Waals surface area contributed by atoms with E-state index in [0.717, 1.165) is 11.1 Å². The number of carbonyl (C=O) groups is 2. The third-order valence-electron chi connectivity index (χ3n) is 5.35. The minimum Gasteiger partial charge on any atom is -0.497 e. The van der Waals surface area contributed by atoms with Crippen LogP contribution in [0.25, 0.3) is 0 Å². The summed E-state index contributed by atoms with van der Waals surface area (Å²) < 4.78 is 16.1. The smallest absolute Gasteiger partial charge is 0.333 e. The molecule has 0 saturated carbocycles. The van der Waals surface area contributed by atoms with Crippen molar-refractivity contribution in [2.24, 2.45) is 0 Å². The zero-order valence-corrected chi connectivity index (χ0v) is 15.3. The summed E-state index contributed by atoms with van der Waals surface area (Å²) in [7, 11) is 6.50. The van der Waals surface area contributed by atoms with Crippen molar-refractivity contribution in [1.29, 1.82) is 0 Å². The molecule has 1 saturated heterocycles. The van der Waals surface area contributed by atoms with Gasteiger partial charge in [-0.1, -0.05) is 0 Å². The zero-order valence-electron chi connectivity index (χ0n) is 15.3. The van der Waals surface area contributed by atoms with Gasteiger partial charge in [0.2, 0.25) is 5.91 Å². The second kappa shape index (κ2) is 6.22. The van der Waals surface area contributed by atoms with E-state index in [1.807, 2.05) is 13.1 Å². The normalized spacial score (nSPS) is 25.2. The number of fused-ring (bicyclic) bond motifs is 3. The van der Waals surface area contributed by atoms with E-state index in [9.17, 15) is 9.59 Å². The second-order valence-electron chi connectivity index (χ2n) is 6.67. The summed E-state index contributed by atoms with van der Waals surface area (Å²) >= 11 is 0. The number of methoxy groups -OCH3 is 3. The van der Waals surface area contributed by atoms with Gasteiger partial charge < -0.3 is 24.0 Å². The molecular formula is C18H24N2O5. The standard InChI is InChI=1S/C18H24N2O5/c1-11(21)20-8-14-13(6-12(23-3)7-16(14)24-4)15-9-19(2)10-18(15,20)17(22)25-5/h6-7,15H,8-10H2,1-5H3/t15-,18-/m0/s1. The highest BCUT2D eigenvalue weighted by atomic mass is 16.5. The Morgan fingerprint density at radius 3 is 2.48 bits per heavy atom. The number of carbonyl (C=O) groups excluding carboxylic acids is 2. The molecule has 1 amide bonds. The minimum atomic E-state index is -1.03. The molecule has 1 aromatic carbocycles. The minimum absolute atomic E-state index is 0.158. The maximum atomic E-state index is 12.8. The van der Waals surface area contributed by atoms with Gasteiger partial charge in [-0.2, -0.15) is 0 Å². The Bertz CT molecular complexity index is 720. The van der Waals surface area contributed by atoms with Gasteiger partial charge in [0.05, 0.1) is 27.9 Å². The zero-order chi connectivity index (χ0) is 18.4. The molecule has 3 rings (SSSR count). The topological polar surface area (TPSA) is 68.3 Å². The quantitative estimate of drug-likeness (QED) is 0.760. The molecule has 0 spiro atoms. The number of likely N-dealkylation sites (tertiary alicyclic amines) is 1. The Hall–Kier alpha value is -2.28. The SMILES string of the molecule is COC(=O)[C@]12CN(C)C[C@H]1c1cc(OC)cc(OC)c1CN2C(C)=O. The lowest BCUT2D eigenvalue weighted by atomic mass is 9.74. The summed E-state index contributed by atoms with van der Waals surface area (Å²) in [5.74, 6) is 0.578. The number of ether oxygens (including phenoxy) is 3. The number of benzene rings is 1. The molecule has 2 aliphatic rings. The van der Waals surface area contributed by atoms with Crippen molar-refractivity contribution in [3.8, 4) is 11.5 Å². The highest BCUT2D eigenvalue weighted by Gasteiger charge is 2.60. The molecular weight excluding hydrogens is 324 g/mol. The lowest BCUT2D eigenvalue weighted by Gasteiger charge is -2.46. The van der Waals surface area contributed by atoms with Gasteiger partial charge in [0, 0.05) is 37.6 Å². The molecule has 0 unspecified atom stereocenters. The van der Waals surface area contributed by atoms with Crippen LogP contribution in [0.3, 0.4) is 0 Å². The Labute approximate surface area is 147 Å². The average molecular weight is 348 g/mol. The Balaban J connectivity index is 2.27. The first-order valence-electron chi connectivity index (χ1n) is 8.19. The van der Waals surface area contributed by atoms with Crippen LogP contribution in [0, 0.1) is 0 Å². The van der Waals surface area contributed by atoms with E-state index < -0.39 is 5.54 Å². The van der Waals surface area contributed by atoms with Crippen molar-refractivity contribution >= 4 is 11.9 Å². The number of likely N-dealkylation sites (N-methyl/N-ethyl adjacent to an activating group) is 1. The van der Waals surface area contributed by atoms with Gasteiger partial charge in [-0.3, -0.25) is 4.79 Å². The van der Waals surface area contributed by atoms with Crippen molar-refractivity contribution in [3.05, 3.63) is 23.3 Å². The second-order valence-corrected chi connectivity index (χ2v) is 6.67. The maximum absolute atomic E-state index is 12.8. The first kappa shape index (κ1) is 17.5. The molecule has 0 N–H and O–H groups in total. The number of amides is 1. The van der Waals surface area contributed by atoms with Gasteiger partial charge in [-0.25, -0.2) is 4.79 Å². The number of rotatable bonds is 3. The van der Waals surface area contributed by atoms with E-state index in [1.165, 1.54) is 14.0 Å². The molecule has 2 heterocycles. The van der Waals surface area contributed by atoms with E-state index in [1.54, 1.807) is 25.2 Å². The van der Waals surface area contributed by atoms with Crippen LogP contribution in [0.2, 0.25) is 0 Å². The van der Waals surface area contributed by atoms with Crippen molar-refractivity contribution in [3.63, 3.8) is 0 Å². The predicted octanol–water partition coefficient (Wildman–Crippen LogP) is 1.01. The fourth-order valence-electron chi connectivity index (χ4n) is 4.28. The summed E-state index contributed by atoms with van der Waals surface area (Å²) in [6.45, 7) is 2.86. The van der Waals surface area contributed by atoms with Crippen molar-refractivity contribution in [1.82, 2.24) is 9.80 Å². The van der Waals surface area contributed by atoms with Gasteiger partial charge in [-0.15, -0.1) is 0 Å². The molecule has 7 nitrogen and oxygen atoms in total. The Morgan fingerprint density at radius 1 is 1.20 bits per heavy atom. The van der Waals surface area contributed by atoms with Crippen LogP contribution in [0.15, 0.2) is 12.1 Å². The lowest BCUT2D eigenvalue weighted by Crippen LogP contribution is -2.62. The summed E-state index contributed by atoms with van der Waals surface area (Å²) in [4.78, 5) is 29.0. The molecule has 0 bridgehead atoms. The number of hydrogen-bond donors (Lipinski definition) is 0. The summed E-state index contributed by atoms with van der Waals surface area (Å²) in [6.07, 6.45) is 0. The van der Waals surface area contributed by atoms with Gasteiger partial charge >= 0.3 is 5.97 Å². The number of nitrogens with zero attached hydrogens (tertiary/aromatic N) is 2. The Morgan fingerprint density at radius 2 is 1.92 bits per heavy atom. The average Bonchev–Trinajstić information content (AvgIpc) is 2.97. The van der Waals surface area contributed by atoms with Crippen LogP contribution in [0.4, 0.5) is 0 Å². The van der Waals surface area contributed by atoms with E-state index in [-0.39, 0.29) is 17.8 Å². The molecule has 0 aliphatic carbocycles. The van der Waals surface area contributed by atoms with E-state index in [4.69, 9.17) is 14.2 Å². The molecule has 2 atom stereocenters. The summed E-state index contributed by atoms with van der Waals surface area (Å²) in [5.41, 5.74) is 0.862. The van der Waals surface area contributed by atoms with Crippen LogP contribution in [0.1, 0.15) is 24.0 Å². The van der Waals surface area contributed by atoms with Crippen LogP contribution < -0.4 is 9.47 Å². The fourth-order valence-corrected chi connectivity index (χ4v) is 4.28. The maximum Gasteiger partial charge on any atom is 0.333 e. The van der Waals surface area contributed by atoms with E-state index in [0.29, 0.717) is 31.1 Å². The van der Waals surface area contributed by atoms with Gasteiger partial charge in [0.25, 0.3) is 0 Å². The molecule has 1 fully saturated rings. The van der Waals surface area contributed by atoms with E-state index >= 15 is 0 Å². The first-order valence-corrected chi connectivity index (χ1v) is 8.19. The summed E-state index contributed by atoms with van der Waals surface area (Å²) in [5, 5.41) is 0. The molecule has 7 heteroatoms. The third-order valence-corrected chi connectivity index (χ3v) is 5.35. The molecule has 2 aliphatic heterocycles. The van der Waals surface area contributed by atoms with Gasteiger partial charge in [0.1, 0.15) is 11.5 Å². The highest BCUT2D eigenvalue weighted by Crippen LogP contribution is 2.49. The summed E-state index contributed by atoms with van der Waals surface area (Å²) in [6, 6.07) is 3.75. The van der Waals surface area contributed by atoms with Crippen LogP contribution in [0.5, 0.6) is 11.5 Å². The van der Waals surface area contributed by atoms with Gasteiger partial charge in [-0.05, 0) is 18.7 Å². The monoisotopic (exact) mass is 348 g/mol. The number of esters is 1. The first-order chi connectivity index (χ1) is 11.9. The molecule has 0 aromatic heterocycles. The molecule has 1 aromatic rings. The Kier molecular flexibility index (Phi) is 4.36. The third kappa shape index (κ3) is 2.45. The van der Waals surface area contributed by atoms with Crippen molar-refractivity contribution in [2.45, 2.75) is 24.9 Å². The van der Waals surface area contributed by atoms with E-state index in [2.05, 4.69) is 4.90 Å². The van der Waals surface area contributed by atoms with Crippen molar-refractivity contribution < 1.29 is 23.8 Å². The highest BCUT2D eigenvalue weighted by molar-refractivity contribution is 5.90. The van der Waals surface area contributed by atoms with Crippen LogP contribution in [-0.4, -0.2) is 68.7 Å². The predicted molar refractivity (Wildman–Crippen MR) is 90.8 cm³/mol. The number of hydrogen-bond acceptors (Lipinski definition) is 6. The lowest BCUT2D eigenvalue weighted by molar-refractivity contribution is -0.163. The van der Waals surface area contributed by atoms with Crippen molar-refractivity contribution in [2.75, 3.05) is 41.5 Å². The van der Waals surface area contributed by atoms with Crippen LogP contribution >= 0.6 is 0 Å². The fraction of sp³-hybridized carbons (Fsp3) is 0.556. The molecule has 25 heavy (non-hydrogen) atoms. The van der Waals surface area contributed by atoms with Crippen LogP contribution in [-0.2, 0) is 20.9 Å². The molecule has 0 radical (unpaired) electrons. The molecule has 136 valence electrons. The largest absolute Gasteiger partial charge is 0.497 e.